The van der Waals surface area contributed by atoms with E-state index >= 15 is 0 Å². The molecule has 1 amide bonds. The van der Waals surface area contributed by atoms with Gasteiger partial charge in [-0.15, -0.1) is 0 Å². The van der Waals surface area contributed by atoms with Crippen LogP contribution in [0.3, 0.4) is 0 Å². The van der Waals surface area contributed by atoms with Crippen LogP contribution in [0.2, 0.25) is 0 Å². The van der Waals surface area contributed by atoms with Crippen molar-refractivity contribution in [3.05, 3.63) is 58.1 Å². The number of fused-ring (bicyclic) bond motifs is 1. The first-order valence-electron chi connectivity index (χ1n) is 7.02. The second kappa shape index (κ2) is 5.90. The Balaban J connectivity index is 1.70. The zero-order chi connectivity index (χ0) is 14.8. The van der Waals surface area contributed by atoms with Crippen molar-refractivity contribution < 1.29 is 4.79 Å². The molecule has 3 rings (SSSR count). The number of hydrogen-bond donors (Lipinski definition) is 2. The maximum atomic E-state index is 12.4. The van der Waals surface area contributed by atoms with Gasteiger partial charge < -0.3 is 10.6 Å². The molecule has 1 atom stereocenters. The number of anilines is 2. The molecule has 1 unspecified atom stereocenters. The Morgan fingerprint density at radius 3 is 2.90 bits per heavy atom. The maximum absolute atomic E-state index is 12.4. The minimum Gasteiger partial charge on any atom is -0.384 e. The Bertz CT molecular complexity index is 684. The Hall–Kier alpha value is -1.81. The number of aryl methyl sites for hydroxylation is 1. The van der Waals surface area contributed by atoms with E-state index in [0.29, 0.717) is 6.54 Å². The van der Waals surface area contributed by atoms with Crippen LogP contribution < -0.4 is 10.6 Å². The van der Waals surface area contributed by atoms with E-state index < -0.39 is 0 Å². The van der Waals surface area contributed by atoms with E-state index in [0.717, 1.165) is 27.8 Å². The van der Waals surface area contributed by atoms with E-state index in [4.69, 9.17) is 0 Å². The molecular formula is C17H17BrN2O. The summed E-state index contributed by atoms with van der Waals surface area (Å²) in [5, 5.41) is 6.33. The fourth-order valence-corrected chi connectivity index (χ4v) is 2.92. The second-order valence-corrected chi connectivity index (χ2v) is 6.25. The smallest absolute Gasteiger partial charge is 0.229 e. The summed E-state index contributed by atoms with van der Waals surface area (Å²) in [5.74, 6) is 0.0211. The highest BCUT2D eigenvalue weighted by molar-refractivity contribution is 9.10. The molecule has 1 heterocycles. The summed E-state index contributed by atoms with van der Waals surface area (Å²) in [6.07, 6.45) is 0.780. The monoisotopic (exact) mass is 344 g/mol. The normalized spacial score (nSPS) is 16.8. The van der Waals surface area contributed by atoms with Gasteiger partial charge in [0.2, 0.25) is 5.91 Å². The van der Waals surface area contributed by atoms with Crippen molar-refractivity contribution in [1.29, 1.82) is 0 Å². The first-order chi connectivity index (χ1) is 10.1. The highest BCUT2D eigenvalue weighted by Gasteiger charge is 2.24. The van der Waals surface area contributed by atoms with Crippen molar-refractivity contribution in [3.8, 4) is 0 Å². The van der Waals surface area contributed by atoms with Gasteiger partial charge in [-0.1, -0.05) is 40.2 Å². The average Bonchev–Trinajstić information content (AvgIpc) is 2.50. The van der Waals surface area contributed by atoms with Crippen LogP contribution in [0, 0.1) is 12.8 Å². The van der Waals surface area contributed by atoms with Crippen LogP contribution in [-0.2, 0) is 11.2 Å². The summed E-state index contributed by atoms with van der Waals surface area (Å²) >= 11 is 3.49. The van der Waals surface area contributed by atoms with Gasteiger partial charge in [0.1, 0.15) is 0 Å². The predicted octanol–water partition coefficient (Wildman–Crippen LogP) is 3.98. The lowest BCUT2D eigenvalue weighted by Crippen LogP contribution is -2.33. The number of hydrogen-bond acceptors (Lipinski definition) is 2. The minimum atomic E-state index is -0.0417. The molecule has 0 saturated heterocycles. The van der Waals surface area contributed by atoms with E-state index in [1.807, 2.05) is 37.3 Å². The summed E-state index contributed by atoms with van der Waals surface area (Å²) in [6, 6.07) is 14.0. The molecule has 1 aliphatic rings. The molecule has 0 bridgehead atoms. The van der Waals surface area contributed by atoms with E-state index in [1.54, 1.807) is 0 Å². The molecule has 2 aromatic rings. The molecular weight excluding hydrogens is 328 g/mol. The molecule has 3 nitrogen and oxygen atoms in total. The molecule has 4 heteroatoms. The Morgan fingerprint density at radius 1 is 1.29 bits per heavy atom. The summed E-state index contributed by atoms with van der Waals surface area (Å²) in [5.41, 5.74) is 4.33. The van der Waals surface area contributed by atoms with E-state index in [-0.39, 0.29) is 11.8 Å². The molecule has 0 fully saturated rings. The summed E-state index contributed by atoms with van der Waals surface area (Å²) < 4.78 is 1.01. The highest BCUT2D eigenvalue weighted by atomic mass is 79.9. The van der Waals surface area contributed by atoms with Crippen LogP contribution in [0.5, 0.6) is 0 Å². The Labute approximate surface area is 132 Å². The average molecular weight is 345 g/mol. The first kappa shape index (κ1) is 14.1. The zero-order valence-electron chi connectivity index (χ0n) is 11.8. The number of rotatable bonds is 2. The van der Waals surface area contributed by atoms with Crippen LogP contribution in [0.25, 0.3) is 0 Å². The third-order valence-electron chi connectivity index (χ3n) is 3.83. The van der Waals surface area contributed by atoms with Crippen molar-refractivity contribution in [3.63, 3.8) is 0 Å². The van der Waals surface area contributed by atoms with Crippen molar-refractivity contribution in [2.45, 2.75) is 13.3 Å². The molecule has 1 aliphatic heterocycles. The largest absolute Gasteiger partial charge is 0.384 e. The first-order valence-corrected chi connectivity index (χ1v) is 7.81. The van der Waals surface area contributed by atoms with E-state index in [2.05, 4.69) is 38.7 Å². The number of nitrogens with one attached hydrogen (secondary N) is 2. The summed E-state index contributed by atoms with van der Waals surface area (Å²) in [7, 11) is 0. The maximum Gasteiger partial charge on any atom is 0.229 e. The van der Waals surface area contributed by atoms with Crippen molar-refractivity contribution in [2.75, 3.05) is 17.2 Å². The number of benzene rings is 2. The topological polar surface area (TPSA) is 41.1 Å². The molecule has 0 aliphatic carbocycles. The van der Waals surface area contributed by atoms with Crippen molar-refractivity contribution in [2.24, 2.45) is 5.92 Å². The van der Waals surface area contributed by atoms with Gasteiger partial charge in [-0.05, 0) is 42.7 Å². The number of amides is 1. The number of halogens is 1. The standard InChI is InChI=1S/C17H17BrN2O/c1-11-6-7-14(9-15(11)18)20-17(21)13-8-12-4-2-3-5-16(12)19-10-13/h2-7,9,13,19H,8,10H2,1H3,(H,20,21). The Morgan fingerprint density at radius 2 is 2.10 bits per heavy atom. The van der Waals surface area contributed by atoms with Gasteiger partial charge in [-0.3, -0.25) is 4.79 Å². The molecule has 2 aromatic carbocycles. The summed E-state index contributed by atoms with van der Waals surface area (Å²) in [4.78, 5) is 12.4. The lowest BCUT2D eigenvalue weighted by Gasteiger charge is -2.25. The molecule has 0 spiro atoms. The fraction of sp³-hybridized carbons (Fsp3) is 0.235. The molecule has 0 radical (unpaired) electrons. The minimum absolute atomic E-state index is 0.0417. The molecule has 108 valence electrons. The Kier molecular flexibility index (Phi) is 3.97. The molecule has 21 heavy (non-hydrogen) atoms. The fourth-order valence-electron chi connectivity index (χ4n) is 2.54. The third kappa shape index (κ3) is 3.10. The van der Waals surface area contributed by atoms with Gasteiger partial charge in [-0.25, -0.2) is 0 Å². The van der Waals surface area contributed by atoms with Crippen LogP contribution in [0.1, 0.15) is 11.1 Å². The van der Waals surface area contributed by atoms with E-state index in [1.165, 1.54) is 5.56 Å². The van der Waals surface area contributed by atoms with Crippen molar-refractivity contribution >= 4 is 33.2 Å². The lowest BCUT2D eigenvalue weighted by molar-refractivity contribution is -0.119. The van der Waals surface area contributed by atoms with Crippen LogP contribution in [0.4, 0.5) is 11.4 Å². The van der Waals surface area contributed by atoms with Crippen LogP contribution in [-0.4, -0.2) is 12.5 Å². The molecule has 2 N–H and O–H groups in total. The lowest BCUT2D eigenvalue weighted by atomic mass is 9.93. The van der Waals surface area contributed by atoms with Gasteiger partial charge >= 0.3 is 0 Å². The van der Waals surface area contributed by atoms with Crippen molar-refractivity contribution in [1.82, 2.24) is 0 Å². The van der Waals surface area contributed by atoms with E-state index in [9.17, 15) is 4.79 Å². The quantitative estimate of drug-likeness (QED) is 0.864. The SMILES string of the molecule is Cc1ccc(NC(=O)C2CNc3ccccc3C2)cc1Br. The highest BCUT2D eigenvalue weighted by Crippen LogP contribution is 2.26. The molecule has 0 saturated carbocycles. The third-order valence-corrected chi connectivity index (χ3v) is 4.69. The van der Waals surface area contributed by atoms with Gasteiger partial charge in [0.25, 0.3) is 0 Å². The van der Waals surface area contributed by atoms with Gasteiger partial charge in [0.05, 0.1) is 5.92 Å². The second-order valence-electron chi connectivity index (χ2n) is 5.39. The van der Waals surface area contributed by atoms with Crippen LogP contribution in [0.15, 0.2) is 46.9 Å². The molecule has 0 aromatic heterocycles. The summed E-state index contributed by atoms with van der Waals surface area (Å²) in [6.45, 7) is 2.70. The predicted molar refractivity (Wildman–Crippen MR) is 89.6 cm³/mol. The number of carbonyl (C=O) groups is 1. The zero-order valence-corrected chi connectivity index (χ0v) is 13.4. The number of carbonyl (C=O) groups excluding carboxylic acids is 1. The van der Waals surface area contributed by atoms with Crippen LogP contribution >= 0.6 is 15.9 Å². The van der Waals surface area contributed by atoms with Gasteiger partial charge in [0, 0.05) is 22.4 Å². The van der Waals surface area contributed by atoms with Gasteiger partial charge in [-0.2, -0.15) is 0 Å². The number of para-hydroxylation sites is 1. The van der Waals surface area contributed by atoms with Gasteiger partial charge in [0.15, 0.2) is 0 Å².